The molecule has 0 atom stereocenters. The Labute approximate surface area is 124 Å². The first kappa shape index (κ1) is 15.3. The van der Waals surface area contributed by atoms with E-state index in [4.69, 9.17) is 4.42 Å². The third-order valence-electron chi connectivity index (χ3n) is 3.26. The van der Waals surface area contributed by atoms with Gasteiger partial charge in [0.15, 0.2) is 0 Å². The van der Waals surface area contributed by atoms with Gasteiger partial charge in [0, 0.05) is 19.2 Å². The van der Waals surface area contributed by atoms with Crippen LogP contribution in [0, 0.1) is 0 Å². The van der Waals surface area contributed by atoms with Gasteiger partial charge in [-0.05, 0) is 36.2 Å². The molecule has 5 heteroatoms. The summed E-state index contributed by atoms with van der Waals surface area (Å²) in [5.74, 6) is -0.0847. The third-order valence-corrected chi connectivity index (χ3v) is 3.26. The number of benzene rings is 1. The fourth-order valence-corrected chi connectivity index (χ4v) is 2.17. The highest BCUT2D eigenvalue weighted by Crippen LogP contribution is 2.23. The van der Waals surface area contributed by atoms with E-state index in [9.17, 15) is 4.79 Å². The lowest BCUT2D eigenvalue weighted by Crippen LogP contribution is -2.19. The average Bonchev–Trinajstić information content (AvgIpc) is 2.90. The van der Waals surface area contributed by atoms with Crippen LogP contribution >= 0.6 is 0 Å². The first-order chi connectivity index (χ1) is 10.2. The molecule has 1 N–H and O–H groups in total. The molecule has 3 rings (SSSR count). The molecular formula is C16H21N3O2. The van der Waals surface area contributed by atoms with Crippen molar-refractivity contribution in [3.63, 3.8) is 0 Å². The molecule has 0 amide bonds. The van der Waals surface area contributed by atoms with Gasteiger partial charge in [-0.25, -0.2) is 4.79 Å². The summed E-state index contributed by atoms with van der Waals surface area (Å²) in [5.41, 5.74) is 3.38. The van der Waals surface area contributed by atoms with Crippen LogP contribution in [0.1, 0.15) is 25.8 Å². The second-order valence-corrected chi connectivity index (χ2v) is 4.56. The predicted molar refractivity (Wildman–Crippen MR) is 84.0 cm³/mol. The summed E-state index contributed by atoms with van der Waals surface area (Å²) in [4.78, 5) is 11.2. The second-order valence-electron chi connectivity index (χ2n) is 4.56. The molecular weight excluding hydrogens is 266 g/mol. The minimum atomic E-state index is -0.444. The van der Waals surface area contributed by atoms with Crippen molar-refractivity contribution in [3.8, 4) is 11.5 Å². The Balaban J connectivity index is 0.000000774. The summed E-state index contributed by atoms with van der Waals surface area (Å²) in [6.07, 6.45) is 3.25. The summed E-state index contributed by atoms with van der Waals surface area (Å²) in [6, 6.07) is 7.95. The monoisotopic (exact) mass is 287 g/mol. The lowest BCUT2D eigenvalue weighted by atomic mass is 9.99. The molecule has 0 spiro atoms. The number of aryl methyl sites for hydroxylation is 1. The second kappa shape index (κ2) is 7.04. The smallest absolute Gasteiger partial charge is 0.388 e. The van der Waals surface area contributed by atoms with E-state index < -0.39 is 5.76 Å². The molecule has 21 heavy (non-hydrogen) atoms. The van der Waals surface area contributed by atoms with Gasteiger partial charge in [0.05, 0.1) is 0 Å². The topological polar surface area (TPSA) is 60.1 Å². The molecule has 1 aromatic carbocycles. The predicted octanol–water partition coefficient (Wildman–Crippen LogP) is 2.44. The summed E-state index contributed by atoms with van der Waals surface area (Å²) < 4.78 is 6.25. The van der Waals surface area contributed by atoms with Crippen LogP contribution in [-0.4, -0.2) is 22.9 Å². The van der Waals surface area contributed by atoms with Crippen molar-refractivity contribution in [1.82, 2.24) is 15.1 Å². The number of hydrogen-bond acceptors (Lipinski definition) is 4. The zero-order valence-electron chi connectivity index (χ0n) is 12.7. The van der Waals surface area contributed by atoms with E-state index in [1.54, 1.807) is 7.05 Å². The molecule has 2 heterocycles. The van der Waals surface area contributed by atoms with Crippen LogP contribution in [0.2, 0.25) is 0 Å². The van der Waals surface area contributed by atoms with Crippen molar-refractivity contribution in [1.29, 1.82) is 0 Å². The number of aromatic nitrogens is 2. The first-order valence-corrected chi connectivity index (χ1v) is 7.29. The van der Waals surface area contributed by atoms with E-state index in [0.29, 0.717) is 5.89 Å². The number of hydrogen-bond donors (Lipinski definition) is 1. The quantitative estimate of drug-likeness (QED) is 0.921. The minimum absolute atomic E-state index is 0.360. The molecule has 2 aromatic rings. The maximum atomic E-state index is 11.2. The van der Waals surface area contributed by atoms with Crippen molar-refractivity contribution in [2.45, 2.75) is 20.3 Å². The zero-order valence-corrected chi connectivity index (χ0v) is 12.7. The lowest BCUT2D eigenvalue weighted by Gasteiger charge is -2.14. The van der Waals surface area contributed by atoms with E-state index >= 15 is 0 Å². The van der Waals surface area contributed by atoms with Crippen molar-refractivity contribution in [2.75, 3.05) is 13.1 Å². The van der Waals surface area contributed by atoms with E-state index in [2.05, 4.69) is 16.5 Å². The molecule has 1 aromatic heterocycles. The van der Waals surface area contributed by atoms with E-state index in [1.807, 2.05) is 38.1 Å². The van der Waals surface area contributed by atoms with Crippen LogP contribution in [0.4, 0.5) is 0 Å². The van der Waals surface area contributed by atoms with Gasteiger partial charge in [-0.15, -0.1) is 5.10 Å². The van der Waals surface area contributed by atoms with Crippen LogP contribution < -0.4 is 11.1 Å². The van der Waals surface area contributed by atoms with E-state index in [1.165, 1.54) is 15.8 Å². The molecule has 0 saturated carbocycles. The molecule has 5 nitrogen and oxygen atoms in total. The summed E-state index contributed by atoms with van der Waals surface area (Å²) in [7, 11) is 1.57. The highest BCUT2D eigenvalue weighted by atomic mass is 16.4. The highest BCUT2D eigenvalue weighted by Gasteiger charge is 2.09. The highest BCUT2D eigenvalue weighted by molar-refractivity contribution is 5.68. The lowest BCUT2D eigenvalue weighted by molar-refractivity contribution is 0.505. The van der Waals surface area contributed by atoms with Crippen LogP contribution in [-0.2, 0) is 7.05 Å². The number of nitrogens with zero attached hydrogens (tertiary/aromatic N) is 2. The molecule has 0 bridgehead atoms. The Morgan fingerprint density at radius 3 is 2.38 bits per heavy atom. The standard InChI is InChI=1S/C14H15N3O2.C2H6/c1-17-14(18)19-13(16-17)12-4-2-10(3-5-12)11-6-8-15-9-7-11;1-2/h2-6,15H,7-9H2,1H3;1-2H3. The Morgan fingerprint density at radius 2 is 1.86 bits per heavy atom. The van der Waals surface area contributed by atoms with Gasteiger partial charge in [0.1, 0.15) is 0 Å². The van der Waals surface area contributed by atoms with Crippen molar-refractivity contribution in [3.05, 3.63) is 46.5 Å². The normalized spacial score (nSPS) is 14.1. The van der Waals surface area contributed by atoms with Crippen LogP contribution in [0.15, 0.2) is 39.6 Å². The average molecular weight is 287 g/mol. The van der Waals surface area contributed by atoms with Gasteiger partial charge >= 0.3 is 5.76 Å². The fraction of sp³-hybridized carbons (Fsp3) is 0.375. The maximum absolute atomic E-state index is 11.2. The molecule has 112 valence electrons. The van der Waals surface area contributed by atoms with Crippen molar-refractivity contribution >= 4 is 5.57 Å². The van der Waals surface area contributed by atoms with Crippen LogP contribution in [0.3, 0.4) is 0 Å². The fourth-order valence-electron chi connectivity index (χ4n) is 2.17. The molecule has 0 radical (unpaired) electrons. The van der Waals surface area contributed by atoms with Gasteiger partial charge in [-0.3, -0.25) is 0 Å². The number of rotatable bonds is 2. The third kappa shape index (κ3) is 3.49. The minimum Gasteiger partial charge on any atom is -0.388 e. The van der Waals surface area contributed by atoms with E-state index in [-0.39, 0.29) is 0 Å². The summed E-state index contributed by atoms with van der Waals surface area (Å²) >= 11 is 0. The Bertz CT molecular complexity index is 666. The summed E-state index contributed by atoms with van der Waals surface area (Å²) in [5, 5.41) is 7.33. The van der Waals surface area contributed by atoms with Crippen LogP contribution in [0.25, 0.3) is 17.0 Å². The largest absolute Gasteiger partial charge is 0.437 e. The molecule has 1 aliphatic heterocycles. The molecule has 0 aliphatic carbocycles. The molecule has 0 saturated heterocycles. The SMILES string of the molecule is CC.Cn1nc(-c2ccc(C3=CCNCC3)cc2)oc1=O. The van der Waals surface area contributed by atoms with Gasteiger partial charge in [0.25, 0.3) is 0 Å². The van der Waals surface area contributed by atoms with Gasteiger partial charge in [-0.1, -0.05) is 32.1 Å². The van der Waals surface area contributed by atoms with Gasteiger partial charge < -0.3 is 9.73 Å². The Morgan fingerprint density at radius 1 is 1.19 bits per heavy atom. The zero-order chi connectivity index (χ0) is 15.2. The molecule has 0 unspecified atom stereocenters. The Hall–Kier alpha value is -2.14. The van der Waals surface area contributed by atoms with Gasteiger partial charge in [0.2, 0.25) is 5.89 Å². The van der Waals surface area contributed by atoms with Crippen molar-refractivity contribution in [2.24, 2.45) is 7.05 Å². The van der Waals surface area contributed by atoms with E-state index in [0.717, 1.165) is 25.1 Å². The molecule has 1 aliphatic rings. The summed E-state index contributed by atoms with van der Waals surface area (Å²) in [6.45, 7) is 5.94. The maximum Gasteiger partial charge on any atom is 0.437 e. The van der Waals surface area contributed by atoms with Crippen molar-refractivity contribution < 1.29 is 4.42 Å². The Kier molecular flexibility index (Phi) is 5.11. The number of nitrogens with one attached hydrogen (secondary N) is 1. The van der Waals surface area contributed by atoms with Gasteiger partial charge in [-0.2, -0.15) is 4.68 Å². The first-order valence-electron chi connectivity index (χ1n) is 7.29. The van der Waals surface area contributed by atoms with Crippen LogP contribution in [0.5, 0.6) is 0 Å². The molecule has 0 fully saturated rings.